The molecule has 2 aliphatic rings. The van der Waals surface area contributed by atoms with Crippen molar-refractivity contribution in [2.45, 2.75) is 45.2 Å². The standard InChI is InChI=1S/C19H29N3O/c1-15-6-8-17(9-7-15)18(22-13-10-20-16(2)14-22)19(23)21-11-4-3-5-12-21/h6-9,16,18,20H,3-5,10-14H2,1-2H3. The van der Waals surface area contributed by atoms with Crippen molar-refractivity contribution in [1.82, 2.24) is 15.1 Å². The average Bonchev–Trinajstić information content (AvgIpc) is 2.58. The molecule has 1 aromatic carbocycles. The number of benzene rings is 1. The lowest BCUT2D eigenvalue weighted by Gasteiger charge is -2.40. The van der Waals surface area contributed by atoms with E-state index in [4.69, 9.17) is 0 Å². The molecule has 2 heterocycles. The van der Waals surface area contributed by atoms with Crippen LogP contribution >= 0.6 is 0 Å². The lowest BCUT2D eigenvalue weighted by molar-refractivity contribution is -0.138. The van der Waals surface area contributed by atoms with Crippen molar-refractivity contribution < 1.29 is 4.79 Å². The molecule has 4 heteroatoms. The van der Waals surface area contributed by atoms with Gasteiger partial charge in [0.1, 0.15) is 6.04 Å². The van der Waals surface area contributed by atoms with Crippen molar-refractivity contribution in [2.24, 2.45) is 0 Å². The lowest BCUT2D eigenvalue weighted by Crippen LogP contribution is -2.54. The van der Waals surface area contributed by atoms with E-state index < -0.39 is 0 Å². The van der Waals surface area contributed by atoms with Gasteiger partial charge in [-0.1, -0.05) is 29.8 Å². The summed E-state index contributed by atoms with van der Waals surface area (Å²) in [5, 5.41) is 3.48. The zero-order valence-electron chi connectivity index (χ0n) is 14.4. The van der Waals surface area contributed by atoms with E-state index in [0.29, 0.717) is 11.9 Å². The molecule has 0 aliphatic carbocycles. The fourth-order valence-corrected chi connectivity index (χ4v) is 3.74. The van der Waals surface area contributed by atoms with Gasteiger partial charge < -0.3 is 10.2 Å². The van der Waals surface area contributed by atoms with Crippen molar-refractivity contribution in [3.05, 3.63) is 35.4 Å². The Labute approximate surface area is 139 Å². The van der Waals surface area contributed by atoms with Crippen molar-refractivity contribution in [3.63, 3.8) is 0 Å². The first-order valence-electron chi connectivity index (χ1n) is 8.98. The van der Waals surface area contributed by atoms with Gasteiger partial charge in [0.15, 0.2) is 0 Å². The van der Waals surface area contributed by atoms with Crippen LogP contribution in [0.25, 0.3) is 0 Å². The summed E-state index contributed by atoms with van der Waals surface area (Å²) in [4.78, 5) is 17.7. The molecule has 2 saturated heterocycles. The van der Waals surface area contributed by atoms with Crippen LogP contribution in [0.15, 0.2) is 24.3 Å². The molecule has 0 spiro atoms. The van der Waals surface area contributed by atoms with E-state index in [2.05, 4.69) is 53.2 Å². The first kappa shape index (κ1) is 16.5. The molecule has 0 radical (unpaired) electrons. The van der Waals surface area contributed by atoms with Crippen LogP contribution in [0, 0.1) is 6.92 Å². The van der Waals surface area contributed by atoms with Crippen LogP contribution in [0.3, 0.4) is 0 Å². The van der Waals surface area contributed by atoms with Crippen LogP contribution < -0.4 is 5.32 Å². The molecule has 0 saturated carbocycles. The van der Waals surface area contributed by atoms with E-state index >= 15 is 0 Å². The Morgan fingerprint density at radius 2 is 1.83 bits per heavy atom. The molecule has 2 unspecified atom stereocenters. The molecule has 23 heavy (non-hydrogen) atoms. The molecule has 3 rings (SSSR count). The number of piperazine rings is 1. The molecule has 1 amide bonds. The number of nitrogens with zero attached hydrogens (tertiary/aromatic N) is 2. The number of nitrogens with one attached hydrogen (secondary N) is 1. The van der Waals surface area contributed by atoms with E-state index in [0.717, 1.165) is 51.1 Å². The molecule has 1 N–H and O–H groups in total. The highest BCUT2D eigenvalue weighted by Gasteiger charge is 2.33. The number of carbonyl (C=O) groups is 1. The van der Waals surface area contributed by atoms with Crippen molar-refractivity contribution >= 4 is 5.91 Å². The minimum absolute atomic E-state index is 0.127. The lowest BCUT2D eigenvalue weighted by atomic mass is 9.99. The maximum absolute atomic E-state index is 13.3. The van der Waals surface area contributed by atoms with E-state index in [1.807, 2.05) is 0 Å². The van der Waals surface area contributed by atoms with Crippen molar-refractivity contribution in [1.29, 1.82) is 0 Å². The summed E-state index contributed by atoms with van der Waals surface area (Å²) in [5.41, 5.74) is 2.38. The summed E-state index contributed by atoms with van der Waals surface area (Å²) in [6, 6.07) is 8.82. The number of piperidine rings is 1. The predicted molar refractivity (Wildman–Crippen MR) is 93.4 cm³/mol. The van der Waals surface area contributed by atoms with Gasteiger partial charge in [-0.3, -0.25) is 9.69 Å². The summed E-state index contributed by atoms with van der Waals surface area (Å²) in [6.45, 7) is 8.95. The fourth-order valence-electron chi connectivity index (χ4n) is 3.74. The zero-order chi connectivity index (χ0) is 16.2. The van der Waals surface area contributed by atoms with Gasteiger partial charge in [0.25, 0.3) is 0 Å². The maximum Gasteiger partial charge on any atom is 0.244 e. The van der Waals surface area contributed by atoms with Gasteiger partial charge in [-0.25, -0.2) is 0 Å². The molecule has 2 atom stereocenters. The highest BCUT2D eigenvalue weighted by molar-refractivity contribution is 5.83. The topological polar surface area (TPSA) is 35.6 Å². The molecule has 0 aromatic heterocycles. The SMILES string of the molecule is Cc1ccc(C(C(=O)N2CCCCC2)N2CCNC(C)C2)cc1. The first-order chi connectivity index (χ1) is 11.1. The molecule has 2 fully saturated rings. The average molecular weight is 315 g/mol. The van der Waals surface area contributed by atoms with Crippen molar-refractivity contribution in [3.8, 4) is 0 Å². The molecule has 126 valence electrons. The molecule has 2 aliphatic heterocycles. The molecule has 0 bridgehead atoms. The van der Waals surface area contributed by atoms with Crippen LogP contribution in [0.1, 0.15) is 43.4 Å². The van der Waals surface area contributed by atoms with Gasteiger partial charge in [-0.15, -0.1) is 0 Å². The molecule has 4 nitrogen and oxygen atoms in total. The van der Waals surface area contributed by atoms with Gasteiger partial charge in [0, 0.05) is 38.8 Å². The molecule has 1 aromatic rings. The largest absolute Gasteiger partial charge is 0.341 e. The number of amides is 1. The number of aryl methyl sites for hydroxylation is 1. The molecular weight excluding hydrogens is 286 g/mol. The Hall–Kier alpha value is -1.39. The summed E-state index contributed by atoms with van der Waals surface area (Å²) in [6.07, 6.45) is 3.54. The second kappa shape index (κ2) is 7.45. The third kappa shape index (κ3) is 3.93. The summed E-state index contributed by atoms with van der Waals surface area (Å²) >= 11 is 0. The van der Waals surface area contributed by atoms with Gasteiger partial charge in [0.05, 0.1) is 0 Å². The first-order valence-corrected chi connectivity index (χ1v) is 8.98. The number of hydrogen-bond acceptors (Lipinski definition) is 3. The number of rotatable bonds is 3. The van der Waals surface area contributed by atoms with Crippen LogP contribution in [-0.2, 0) is 4.79 Å². The predicted octanol–water partition coefficient (Wildman–Crippen LogP) is 2.34. The monoisotopic (exact) mass is 315 g/mol. The minimum atomic E-state index is -0.127. The van der Waals surface area contributed by atoms with Crippen LogP contribution in [-0.4, -0.2) is 54.5 Å². The maximum atomic E-state index is 13.3. The third-order valence-corrected chi connectivity index (χ3v) is 5.06. The van der Waals surface area contributed by atoms with Crippen LogP contribution in [0.5, 0.6) is 0 Å². The zero-order valence-corrected chi connectivity index (χ0v) is 14.4. The van der Waals surface area contributed by atoms with Gasteiger partial charge in [0.2, 0.25) is 5.91 Å². The Balaban J connectivity index is 1.85. The summed E-state index contributed by atoms with van der Waals surface area (Å²) in [7, 11) is 0. The van der Waals surface area contributed by atoms with Gasteiger partial charge in [-0.05, 0) is 38.7 Å². The third-order valence-electron chi connectivity index (χ3n) is 5.06. The van der Waals surface area contributed by atoms with Crippen LogP contribution in [0.4, 0.5) is 0 Å². The number of carbonyl (C=O) groups excluding carboxylic acids is 1. The highest BCUT2D eigenvalue weighted by Crippen LogP contribution is 2.26. The Bertz CT molecular complexity index is 522. The van der Waals surface area contributed by atoms with Gasteiger partial charge >= 0.3 is 0 Å². The van der Waals surface area contributed by atoms with E-state index in [1.165, 1.54) is 12.0 Å². The second-order valence-corrected chi connectivity index (χ2v) is 7.05. The summed E-state index contributed by atoms with van der Waals surface area (Å²) < 4.78 is 0. The Morgan fingerprint density at radius 1 is 1.13 bits per heavy atom. The Morgan fingerprint density at radius 3 is 2.48 bits per heavy atom. The quantitative estimate of drug-likeness (QED) is 0.930. The van der Waals surface area contributed by atoms with E-state index in [-0.39, 0.29) is 6.04 Å². The van der Waals surface area contributed by atoms with Gasteiger partial charge in [-0.2, -0.15) is 0 Å². The fraction of sp³-hybridized carbons (Fsp3) is 0.632. The Kier molecular flexibility index (Phi) is 5.34. The smallest absolute Gasteiger partial charge is 0.244 e. The number of likely N-dealkylation sites (tertiary alicyclic amines) is 1. The highest BCUT2D eigenvalue weighted by atomic mass is 16.2. The minimum Gasteiger partial charge on any atom is -0.341 e. The number of hydrogen-bond donors (Lipinski definition) is 1. The van der Waals surface area contributed by atoms with E-state index in [9.17, 15) is 4.79 Å². The van der Waals surface area contributed by atoms with E-state index in [1.54, 1.807) is 0 Å². The van der Waals surface area contributed by atoms with Crippen molar-refractivity contribution in [2.75, 3.05) is 32.7 Å². The summed E-state index contributed by atoms with van der Waals surface area (Å²) in [5.74, 6) is 0.294. The normalized spacial score (nSPS) is 24.4. The van der Waals surface area contributed by atoms with Crippen LogP contribution in [0.2, 0.25) is 0 Å². The second-order valence-electron chi connectivity index (χ2n) is 7.05. The molecular formula is C19H29N3O.